The lowest BCUT2D eigenvalue weighted by molar-refractivity contribution is 0.174. The van der Waals surface area contributed by atoms with Gasteiger partial charge in [0.2, 0.25) is 10.8 Å². The highest BCUT2D eigenvalue weighted by atomic mass is 32.1. The Morgan fingerprint density at radius 2 is 2.11 bits per heavy atom. The predicted molar refractivity (Wildman–Crippen MR) is 106 cm³/mol. The maximum atomic E-state index is 10.9. The Balaban J connectivity index is 2.11. The fourth-order valence-electron chi connectivity index (χ4n) is 3.19. The third kappa shape index (κ3) is 3.92. The van der Waals surface area contributed by atoms with Gasteiger partial charge in [-0.05, 0) is 31.2 Å². The van der Waals surface area contributed by atoms with Gasteiger partial charge in [0.1, 0.15) is 5.75 Å². The van der Waals surface area contributed by atoms with Gasteiger partial charge in [-0.25, -0.2) is 4.98 Å². The lowest BCUT2D eigenvalue weighted by Crippen LogP contribution is -2.31. The maximum absolute atomic E-state index is 10.9. The number of aliphatic hydroxyl groups excluding tert-OH is 1. The van der Waals surface area contributed by atoms with Crippen LogP contribution in [0.25, 0.3) is 4.96 Å². The molecule has 3 aromatic rings. The Hall–Kier alpha value is -2.16. The van der Waals surface area contributed by atoms with Crippen molar-refractivity contribution < 1.29 is 14.9 Å². The normalized spacial score (nSPS) is 12.8. The van der Waals surface area contributed by atoms with E-state index >= 15 is 0 Å². The smallest absolute Gasteiger partial charge is 0.230 e. The molecule has 146 valence electrons. The van der Waals surface area contributed by atoms with Crippen LogP contribution in [-0.4, -0.2) is 56.0 Å². The van der Waals surface area contributed by atoms with E-state index in [1.807, 2.05) is 45.0 Å². The second-order valence-corrected chi connectivity index (χ2v) is 7.14. The van der Waals surface area contributed by atoms with Crippen molar-refractivity contribution in [2.75, 3.05) is 26.3 Å². The van der Waals surface area contributed by atoms with Gasteiger partial charge in [-0.1, -0.05) is 37.3 Å². The van der Waals surface area contributed by atoms with E-state index in [-0.39, 0.29) is 18.5 Å². The Morgan fingerprint density at radius 3 is 2.74 bits per heavy atom. The highest BCUT2D eigenvalue weighted by Gasteiger charge is 2.29. The number of hydrogen-bond donors (Lipinski definition) is 2. The molecule has 0 bridgehead atoms. The molecule has 1 unspecified atom stereocenters. The van der Waals surface area contributed by atoms with Crippen LogP contribution in [0.15, 0.2) is 24.3 Å². The van der Waals surface area contributed by atoms with Crippen molar-refractivity contribution in [3.05, 3.63) is 40.5 Å². The summed E-state index contributed by atoms with van der Waals surface area (Å²) in [5.74, 6) is 1.60. The summed E-state index contributed by atoms with van der Waals surface area (Å²) in [6.07, 6.45) is 0.717. The van der Waals surface area contributed by atoms with Gasteiger partial charge >= 0.3 is 0 Å². The van der Waals surface area contributed by atoms with E-state index in [2.05, 4.69) is 15.0 Å². The van der Waals surface area contributed by atoms with Gasteiger partial charge in [0, 0.05) is 13.0 Å². The Bertz CT molecular complexity index is 892. The average molecular weight is 391 g/mol. The number of ether oxygens (including phenoxy) is 1. The van der Waals surface area contributed by atoms with E-state index in [4.69, 9.17) is 4.74 Å². The second kappa shape index (κ2) is 8.69. The fraction of sp³-hybridized carbons (Fsp3) is 0.474. The molecular formula is C19H26N4O3S. The summed E-state index contributed by atoms with van der Waals surface area (Å²) >= 11 is 1.43. The first-order chi connectivity index (χ1) is 13.1. The summed E-state index contributed by atoms with van der Waals surface area (Å²) in [4.78, 5) is 8.04. The van der Waals surface area contributed by atoms with Gasteiger partial charge in [0.15, 0.2) is 5.82 Å². The Kier molecular flexibility index (Phi) is 6.30. The lowest BCUT2D eigenvalue weighted by Gasteiger charge is -2.30. The van der Waals surface area contributed by atoms with E-state index in [0.717, 1.165) is 22.7 Å². The van der Waals surface area contributed by atoms with Crippen LogP contribution in [0, 0.1) is 0 Å². The minimum absolute atomic E-state index is 0.0387. The van der Waals surface area contributed by atoms with E-state index < -0.39 is 0 Å². The quantitative estimate of drug-likeness (QED) is 0.585. The molecule has 3 rings (SSSR count). The third-order valence-electron chi connectivity index (χ3n) is 4.45. The van der Waals surface area contributed by atoms with Crippen LogP contribution < -0.4 is 4.74 Å². The highest BCUT2D eigenvalue weighted by Crippen LogP contribution is 2.40. The highest BCUT2D eigenvalue weighted by molar-refractivity contribution is 7.17. The summed E-state index contributed by atoms with van der Waals surface area (Å²) in [5.41, 5.74) is 0.992. The first-order valence-electron chi connectivity index (χ1n) is 9.27. The molecule has 0 saturated heterocycles. The monoisotopic (exact) mass is 390 g/mol. The first-order valence-corrected chi connectivity index (χ1v) is 10.1. The zero-order chi connectivity index (χ0) is 19.4. The van der Waals surface area contributed by atoms with Gasteiger partial charge in [0.25, 0.3) is 0 Å². The molecule has 0 aliphatic heterocycles. The van der Waals surface area contributed by atoms with E-state index in [1.54, 1.807) is 0 Å². The van der Waals surface area contributed by atoms with Gasteiger partial charge in [-0.15, -0.1) is 5.10 Å². The fourth-order valence-corrected chi connectivity index (χ4v) is 4.32. The molecule has 2 aromatic heterocycles. The topological polar surface area (TPSA) is 83.1 Å². The lowest BCUT2D eigenvalue weighted by atomic mass is 10.0. The molecule has 0 aliphatic rings. The van der Waals surface area contributed by atoms with Gasteiger partial charge < -0.3 is 14.9 Å². The van der Waals surface area contributed by atoms with E-state index in [0.29, 0.717) is 30.4 Å². The Morgan fingerprint density at radius 1 is 1.30 bits per heavy atom. The van der Waals surface area contributed by atoms with Crippen LogP contribution in [0.3, 0.4) is 0 Å². The molecule has 0 radical (unpaired) electrons. The van der Waals surface area contributed by atoms with Crippen molar-refractivity contribution in [3.8, 4) is 11.6 Å². The van der Waals surface area contributed by atoms with Crippen LogP contribution in [0.1, 0.15) is 43.1 Å². The molecule has 27 heavy (non-hydrogen) atoms. The van der Waals surface area contributed by atoms with Crippen LogP contribution in [0.4, 0.5) is 0 Å². The number of aryl methyl sites for hydroxylation is 1. The zero-order valence-electron chi connectivity index (χ0n) is 15.9. The minimum atomic E-state index is -0.221. The number of thiazole rings is 1. The van der Waals surface area contributed by atoms with Gasteiger partial charge in [-0.3, -0.25) is 4.90 Å². The summed E-state index contributed by atoms with van der Waals surface area (Å²) in [6.45, 7) is 7.81. The summed E-state index contributed by atoms with van der Waals surface area (Å²) in [7, 11) is 0. The first kappa shape index (κ1) is 19.6. The summed E-state index contributed by atoms with van der Waals surface area (Å²) < 4.78 is 7.16. The molecule has 0 fully saturated rings. The SMILES string of the molecule is CCOc1cccc(C(c2sc3nc(CC)nn3c2O)N(CC)CCO)c1. The van der Waals surface area contributed by atoms with Crippen LogP contribution in [0.5, 0.6) is 11.6 Å². The van der Waals surface area contributed by atoms with Gasteiger partial charge in [-0.2, -0.15) is 4.52 Å². The molecule has 0 spiro atoms. The number of aromatic hydroxyl groups is 1. The summed E-state index contributed by atoms with van der Waals surface area (Å²) in [5, 5.41) is 24.8. The summed E-state index contributed by atoms with van der Waals surface area (Å²) in [6, 6.07) is 7.65. The van der Waals surface area contributed by atoms with Gasteiger partial charge in [0.05, 0.1) is 24.1 Å². The number of fused-ring (bicyclic) bond motifs is 1. The Labute approximate surface area is 162 Å². The van der Waals surface area contributed by atoms with Crippen molar-refractivity contribution in [2.45, 2.75) is 33.2 Å². The molecule has 1 atom stereocenters. The third-order valence-corrected chi connectivity index (χ3v) is 5.52. The standard InChI is InChI=1S/C19H26N4O3S/c1-4-15-20-19-23(21-15)18(25)17(27-19)16(22(5-2)10-11-24)13-8-7-9-14(12-13)26-6-3/h7-9,12,16,24-25H,4-6,10-11H2,1-3H3. The molecular weight excluding hydrogens is 364 g/mol. The minimum Gasteiger partial charge on any atom is -0.494 e. The average Bonchev–Trinajstić information content (AvgIpc) is 3.21. The number of hydrogen-bond acceptors (Lipinski definition) is 7. The zero-order valence-corrected chi connectivity index (χ0v) is 16.7. The maximum Gasteiger partial charge on any atom is 0.230 e. The number of benzene rings is 1. The molecule has 8 heteroatoms. The van der Waals surface area contributed by atoms with Crippen molar-refractivity contribution >= 4 is 16.3 Å². The van der Waals surface area contributed by atoms with E-state index in [1.165, 1.54) is 15.9 Å². The molecule has 0 amide bonds. The van der Waals surface area contributed by atoms with Crippen molar-refractivity contribution in [2.24, 2.45) is 0 Å². The second-order valence-electron chi connectivity index (χ2n) is 6.13. The van der Waals surface area contributed by atoms with Crippen molar-refractivity contribution in [3.63, 3.8) is 0 Å². The van der Waals surface area contributed by atoms with Crippen LogP contribution >= 0.6 is 11.3 Å². The molecule has 2 heterocycles. The number of rotatable bonds is 9. The van der Waals surface area contributed by atoms with E-state index in [9.17, 15) is 10.2 Å². The number of likely N-dealkylation sites (N-methyl/N-ethyl adjacent to an activating group) is 1. The molecule has 7 nitrogen and oxygen atoms in total. The van der Waals surface area contributed by atoms with Crippen molar-refractivity contribution in [1.29, 1.82) is 0 Å². The number of aliphatic hydroxyl groups is 1. The number of nitrogens with zero attached hydrogens (tertiary/aromatic N) is 4. The molecule has 0 saturated carbocycles. The molecule has 2 N–H and O–H groups in total. The number of aromatic nitrogens is 3. The predicted octanol–water partition coefficient (Wildman–Crippen LogP) is 2.86. The van der Waals surface area contributed by atoms with Crippen LogP contribution in [-0.2, 0) is 6.42 Å². The van der Waals surface area contributed by atoms with Crippen LogP contribution in [0.2, 0.25) is 0 Å². The van der Waals surface area contributed by atoms with Crippen molar-refractivity contribution in [1.82, 2.24) is 19.5 Å². The molecule has 1 aromatic carbocycles. The largest absolute Gasteiger partial charge is 0.494 e. The molecule has 0 aliphatic carbocycles.